The fraction of sp³-hybridized carbons (Fsp3) is 1.00. The fourth-order valence-electron chi connectivity index (χ4n) is 2.25. The summed E-state index contributed by atoms with van der Waals surface area (Å²) in [5, 5.41) is 3.64. The van der Waals surface area contributed by atoms with Gasteiger partial charge in [-0.05, 0) is 39.7 Å². The molecule has 2 atom stereocenters. The zero-order valence-corrected chi connectivity index (χ0v) is 9.88. The third kappa shape index (κ3) is 4.43. The Bertz CT molecular complexity index is 139. The largest absolute Gasteiger partial charge is 0.375 e. The molecule has 1 aliphatic rings. The number of unbranched alkanes of at least 4 members (excludes halogenated alkanes) is 2. The zero-order valence-electron chi connectivity index (χ0n) is 9.88. The van der Waals surface area contributed by atoms with Gasteiger partial charge in [0.05, 0.1) is 12.2 Å². The van der Waals surface area contributed by atoms with Gasteiger partial charge < -0.3 is 10.1 Å². The van der Waals surface area contributed by atoms with E-state index in [1.165, 1.54) is 38.6 Å². The van der Waals surface area contributed by atoms with Crippen LogP contribution in [0.2, 0.25) is 0 Å². The fourth-order valence-corrected chi connectivity index (χ4v) is 2.25. The highest BCUT2D eigenvalue weighted by atomic mass is 16.5. The first-order valence-electron chi connectivity index (χ1n) is 6.11. The van der Waals surface area contributed by atoms with Gasteiger partial charge in [-0.2, -0.15) is 0 Å². The predicted octanol–water partition coefficient (Wildman–Crippen LogP) is 2.72. The van der Waals surface area contributed by atoms with Crippen molar-refractivity contribution < 1.29 is 4.74 Å². The summed E-state index contributed by atoms with van der Waals surface area (Å²) in [5.41, 5.74) is 0. The maximum Gasteiger partial charge on any atom is 0.0565 e. The lowest BCUT2D eigenvalue weighted by Crippen LogP contribution is -2.41. The normalized spacial score (nSPS) is 33.2. The van der Waals surface area contributed by atoms with Crippen LogP contribution in [0.1, 0.15) is 52.9 Å². The Kier molecular flexibility index (Phi) is 5.49. The molecule has 1 aliphatic heterocycles. The molecule has 14 heavy (non-hydrogen) atoms. The van der Waals surface area contributed by atoms with Crippen LogP contribution >= 0.6 is 0 Å². The third-order valence-corrected chi connectivity index (χ3v) is 2.91. The number of hydrogen-bond donors (Lipinski definition) is 1. The predicted molar refractivity (Wildman–Crippen MR) is 60.6 cm³/mol. The van der Waals surface area contributed by atoms with E-state index in [4.69, 9.17) is 4.74 Å². The van der Waals surface area contributed by atoms with Crippen molar-refractivity contribution in [1.29, 1.82) is 0 Å². The Balaban J connectivity index is 2.10. The third-order valence-electron chi connectivity index (χ3n) is 2.91. The molecule has 0 aliphatic carbocycles. The lowest BCUT2D eigenvalue weighted by molar-refractivity contribution is -0.0420. The van der Waals surface area contributed by atoms with Gasteiger partial charge in [-0.3, -0.25) is 0 Å². The molecule has 2 heteroatoms. The monoisotopic (exact) mass is 199 g/mol. The van der Waals surface area contributed by atoms with E-state index in [2.05, 4.69) is 26.1 Å². The van der Waals surface area contributed by atoms with Crippen molar-refractivity contribution >= 4 is 0 Å². The van der Waals surface area contributed by atoms with Crippen LogP contribution in [0.3, 0.4) is 0 Å². The summed E-state index contributed by atoms with van der Waals surface area (Å²) in [7, 11) is 0. The molecule has 1 fully saturated rings. The van der Waals surface area contributed by atoms with Crippen molar-refractivity contribution in [2.45, 2.75) is 71.1 Å². The Labute approximate surface area is 88.4 Å². The Morgan fingerprint density at radius 3 is 2.36 bits per heavy atom. The molecule has 0 saturated carbocycles. The molecule has 2 nitrogen and oxygen atoms in total. The Hall–Kier alpha value is -0.0800. The standard InChI is InChI=1S/C12H25NO/c1-4-5-6-7-13-12-8-10(2)14-11(3)9-12/h10-13H,4-9H2,1-3H3/t10-,11-/m0/s1. The first-order valence-corrected chi connectivity index (χ1v) is 6.11. The molecule has 1 saturated heterocycles. The quantitative estimate of drug-likeness (QED) is 0.687. The second-order valence-electron chi connectivity index (χ2n) is 4.59. The molecule has 0 spiro atoms. The van der Waals surface area contributed by atoms with Crippen molar-refractivity contribution in [2.75, 3.05) is 6.54 Å². The van der Waals surface area contributed by atoms with E-state index in [-0.39, 0.29) is 0 Å². The average molecular weight is 199 g/mol. The Morgan fingerprint density at radius 2 is 1.79 bits per heavy atom. The highest BCUT2D eigenvalue weighted by molar-refractivity contribution is 4.78. The van der Waals surface area contributed by atoms with Crippen molar-refractivity contribution in [2.24, 2.45) is 0 Å². The van der Waals surface area contributed by atoms with Gasteiger partial charge in [0.15, 0.2) is 0 Å². The molecule has 0 radical (unpaired) electrons. The van der Waals surface area contributed by atoms with Crippen molar-refractivity contribution in [1.82, 2.24) is 5.32 Å². The average Bonchev–Trinajstić information content (AvgIpc) is 2.11. The molecule has 0 aromatic rings. The molecule has 0 aromatic heterocycles. The van der Waals surface area contributed by atoms with Gasteiger partial charge in [-0.1, -0.05) is 19.8 Å². The van der Waals surface area contributed by atoms with E-state index in [0.717, 1.165) is 0 Å². The van der Waals surface area contributed by atoms with E-state index in [1.54, 1.807) is 0 Å². The van der Waals surface area contributed by atoms with E-state index in [0.29, 0.717) is 18.2 Å². The van der Waals surface area contributed by atoms with E-state index >= 15 is 0 Å². The molecule has 0 aromatic carbocycles. The van der Waals surface area contributed by atoms with Crippen LogP contribution in [0.4, 0.5) is 0 Å². The van der Waals surface area contributed by atoms with Gasteiger partial charge >= 0.3 is 0 Å². The van der Waals surface area contributed by atoms with Crippen LogP contribution in [0.5, 0.6) is 0 Å². The number of ether oxygens (including phenoxy) is 1. The summed E-state index contributed by atoms with van der Waals surface area (Å²) < 4.78 is 5.70. The number of nitrogens with one attached hydrogen (secondary N) is 1. The molecule has 1 N–H and O–H groups in total. The molecule has 0 amide bonds. The SMILES string of the molecule is CCCCCNC1C[C@H](C)O[C@@H](C)C1. The number of rotatable bonds is 5. The smallest absolute Gasteiger partial charge is 0.0565 e. The minimum absolute atomic E-state index is 0.433. The van der Waals surface area contributed by atoms with Crippen LogP contribution in [0, 0.1) is 0 Å². The summed E-state index contributed by atoms with van der Waals surface area (Å²) in [4.78, 5) is 0. The topological polar surface area (TPSA) is 21.3 Å². The summed E-state index contributed by atoms with van der Waals surface area (Å²) in [6, 6.07) is 0.686. The molecule has 84 valence electrons. The summed E-state index contributed by atoms with van der Waals surface area (Å²) >= 11 is 0. The van der Waals surface area contributed by atoms with Crippen molar-refractivity contribution in [3.63, 3.8) is 0 Å². The zero-order chi connectivity index (χ0) is 10.4. The first kappa shape index (κ1) is 12.0. The second-order valence-corrected chi connectivity index (χ2v) is 4.59. The van der Waals surface area contributed by atoms with Crippen LogP contribution in [-0.2, 0) is 4.74 Å². The maximum atomic E-state index is 5.70. The maximum absolute atomic E-state index is 5.70. The molecule has 1 heterocycles. The summed E-state index contributed by atoms with van der Waals surface area (Å²) in [6.45, 7) is 7.78. The Morgan fingerprint density at radius 1 is 1.14 bits per heavy atom. The highest BCUT2D eigenvalue weighted by Gasteiger charge is 2.23. The van der Waals surface area contributed by atoms with Crippen LogP contribution < -0.4 is 5.32 Å². The lowest BCUT2D eigenvalue weighted by Gasteiger charge is -2.32. The van der Waals surface area contributed by atoms with Crippen LogP contribution in [0.25, 0.3) is 0 Å². The molecule has 1 rings (SSSR count). The van der Waals surface area contributed by atoms with Gasteiger partial charge in [-0.25, -0.2) is 0 Å². The minimum Gasteiger partial charge on any atom is -0.375 e. The van der Waals surface area contributed by atoms with Gasteiger partial charge in [0.25, 0.3) is 0 Å². The lowest BCUT2D eigenvalue weighted by atomic mass is 10.00. The summed E-state index contributed by atoms with van der Waals surface area (Å²) in [5.74, 6) is 0. The van der Waals surface area contributed by atoms with Crippen LogP contribution in [-0.4, -0.2) is 24.8 Å². The first-order chi connectivity index (χ1) is 6.72. The van der Waals surface area contributed by atoms with Gasteiger partial charge in [-0.15, -0.1) is 0 Å². The van der Waals surface area contributed by atoms with E-state index in [9.17, 15) is 0 Å². The molecule has 0 unspecified atom stereocenters. The van der Waals surface area contributed by atoms with E-state index < -0.39 is 0 Å². The highest BCUT2D eigenvalue weighted by Crippen LogP contribution is 2.18. The second kappa shape index (κ2) is 6.41. The molecule has 0 bridgehead atoms. The van der Waals surface area contributed by atoms with Gasteiger partial charge in [0.2, 0.25) is 0 Å². The van der Waals surface area contributed by atoms with Crippen molar-refractivity contribution in [3.05, 3.63) is 0 Å². The van der Waals surface area contributed by atoms with E-state index in [1.807, 2.05) is 0 Å². The van der Waals surface area contributed by atoms with Gasteiger partial charge in [0, 0.05) is 6.04 Å². The summed E-state index contributed by atoms with van der Waals surface area (Å²) in [6.07, 6.45) is 7.19. The molecular formula is C12H25NO. The number of hydrogen-bond acceptors (Lipinski definition) is 2. The van der Waals surface area contributed by atoms with Crippen molar-refractivity contribution in [3.8, 4) is 0 Å². The van der Waals surface area contributed by atoms with Gasteiger partial charge in [0.1, 0.15) is 0 Å². The molecular weight excluding hydrogens is 174 g/mol. The van der Waals surface area contributed by atoms with Crippen LogP contribution in [0.15, 0.2) is 0 Å². The minimum atomic E-state index is 0.433.